The zero-order valence-corrected chi connectivity index (χ0v) is 12.0. The van der Waals surface area contributed by atoms with Gasteiger partial charge in [0.15, 0.2) is 0 Å². The van der Waals surface area contributed by atoms with Crippen LogP contribution in [0.3, 0.4) is 0 Å². The Morgan fingerprint density at radius 2 is 2.35 bits per heavy atom. The molecule has 0 aromatic carbocycles. The molecular formula is C12H18O3S2. The lowest BCUT2D eigenvalue weighted by molar-refractivity contribution is 0.0606. The molecule has 0 aliphatic heterocycles. The van der Waals surface area contributed by atoms with E-state index in [0.717, 1.165) is 16.4 Å². The Morgan fingerprint density at radius 3 is 2.94 bits per heavy atom. The summed E-state index contributed by atoms with van der Waals surface area (Å²) in [6.07, 6.45) is 0. The summed E-state index contributed by atoms with van der Waals surface area (Å²) in [5.74, 6) is 1.86. The molecule has 5 heteroatoms. The van der Waals surface area contributed by atoms with Crippen molar-refractivity contribution in [3.8, 4) is 0 Å². The molecule has 17 heavy (non-hydrogen) atoms. The monoisotopic (exact) mass is 274 g/mol. The normalized spacial score (nSPS) is 12.5. The molecule has 0 aliphatic rings. The highest BCUT2D eigenvalue weighted by Crippen LogP contribution is 2.26. The second-order valence-corrected chi connectivity index (χ2v) is 6.27. The van der Waals surface area contributed by atoms with Crippen LogP contribution < -0.4 is 0 Å². The van der Waals surface area contributed by atoms with E-state index in [0.29, 0.717) is 10.8 Å². The van der Waals surface area contributed by atoms with Gasteiger partial charge in [-0.15, -0.1) is 11.3 Å². The molecule has 1 atom stereocenters. The van der Waals surface area contributed by atoms with E-state index in [1.165, 1.54) is 24.0 Å². The van der Waals surface area contributed by atoms with Crippen LogP contribution in [0.1, 0.15) is 27.0 Å². The molecule has 1 N–H and O–H groups in total. The number of aliphatic hydroxyl groups excluding tert-OH is 1. The SMILES string of the molecule is COC(=O)c1cc(CSCC(C)CO)c(C)s1. The molecule has 0 saturated heterocycles. The molecule has 0 fully saturated rings. The van der Waals surface area contributed by atoms with Crippen molar-refractivity contribution in [2.75, 3.05) is 19.5 Å². The average Bonchev–Trinajstić information content (AvgIpc) is 2.69. The number of rotatable bonds is 6. The van der Waals surface area contributed by atoms with Crippen LogP contribution in [-0.4, -0.2) is 30.5 Å². The largest absolute Gasteiger partial charge is 0.465 e. The maximum atomic E-state index is 11.4. The van der Waals surface area contributed by atoms with Crippen molar-refractivity contribution in [2.45, 2.75) is 19.6 Å². The van der Waals surface area contributed by atoms with Crippen LogP contribution >= 0.6 is 23.1 Å². The zero-order valence-electron chi connectivity index (χ0n) is 10.4. The minimum absolute atomic E-state index is 0.225. The second-order valence-electron chi connectivity index (χ2n) is 3.99. The van der Waals surface area contributed by atoms with Gasteiger partial charge in [0.25, 0.3) is 0 Å². The fraction of sp³-hybridized carbons (Fsp3) is 0.583. The van der Waals surface area contributed by atoms with Crippen molar-refractivity contribution in [1.29, 1.82) is 0 Å². The van der Waals surface area contributed by atoms with Gasteiger partial charge >= 0.3 is 5.97 Å². The molecular weight excluding hydrogens is 256 g/mol. The summed E-state index contributed by atoms with van der Waals surface area (Å²) in [6, 6.07) is 1.91. The van der Waals surface area contributed by atoms with Gasteiger partial charge < -0.3 is 9.84 Å². The smallest absolute Gasteiger partial charge is 0.348 e. The Balaban J connectivity index is 2.54. The summed E-state index contributed by atoms with van der Waals surface area (Å²) in [7, 11) is 1.40. The summed E-state index contributed by atoms with van der Waals surface area (Å²) in [5.41, 5.74) is 1.19. The highest BCUT2D eigenvalue weighted by molar-refractivity contribution is 7.98. The Kier molecular flexibility index (Phi) is 6.02. The number of thioether (sulfide) groups is 1. The van der Waals surface area contributed by atoms with E-state index in [2.05, 4.69) is 0 Å². The van der Waals surface area contributed by atoms with E-state index >= 15 is 0 Å². The van der Waals surface area contributed by atoms with Gasteiger partial charge in [0.05, 0.1) is 7.11 Å². The van der Waals surface area contributed by atoms with E-state index in [-0.39, 0.29) is 12.6 Å². The molecule has 1 aromatic heterocycles. The van der Waals surface area contributed by atoms with Crippen molar-refractivity contribution in [3.05, 3.63) is 21.4 Å². The van der Waals surface area contributed by atoms with Crippen LogP contribution in [0.15, 0.2) is 6.07 Å². The molecule has 1 aromatic rings. The molecule has 0 bridgehead atoms. The van der Waals surface area contributed by atoms with Crippen LogP contribution in [0.5, 0.6) is 0 Å². The lowest BCUT2D eigenvalue weighted by atomic mass is 10.2. The average molecular weight is 274 g/mol. The van der Waals surface area contributed by atoms with Crippen molar-refractivity contribution in [2.24, 2.45) is 5.92 Å². The van der Waals surface area contributed by atoms with Gasteiger partial charge in [-0.2, -0.15) is 11.8 Å². The van der Waals surface area contributed by atoms with Crippen molar-refractivity contribution in [1.82, 2.24) is 0 Å². The number of carbonyl (C=O) groups excluding carboxylic acids is 1. The lowest BCUT2D eigenvalue weighted by Gasteiger charge is -2.06. The van der Waals surface area contributed by atoms with E-state index in [4.69, 9.17) is 9.84 Å². The number of methoxy groups -OCH3 is 1. The molecule has 1 rings (SSSR count). The third-order valence-electron chi connectivity index (χ3n) is 2.38. The third-order valence-corrected chi connectivity index (χ3v) is 4.77. The molecule has 1 heterocycles. The van der Waals surface area contributed by atoms with Gasteiger partial charge in [0, 0.05) is 17.2 Å². The number of esters is 1. The standard InChI is InChI=1S/C12H18O3S2/c1-8(5-13)6-16-7-10-4-11(12(14)15-3)17-9(10)2/h4,8,13H,5-7H2,1-3H3. The Hall–Kier alpha value is -0.520. The highest BCUT2D eigenvalue weighted by atomic mass is 32.2. The fourth-order valence-corrected chi connectivity index (χ4v) is 3.48. The maximum Gasteiger partial charge on any atom is 0.348 e. The molecule has 3 nitrogen and oxygen atoms in total. The Morgan fingerprint density at radius 1 is 1.65 bits per heavy atom. The summed E-state index contributed by atoms with van der Waals surface area (Å²) < 4.78 is 4.70. The first-order valence-electron chi connectivity index (χ1n) is 5.44. The topological polar surface area (TPSA) is 46.5 Å². The van der Waals surface area contributed by atoms with Crippen LogP contribution in [0, 0.1) is 12.8 Å². The van der Waals surface area contributed by atoms with Crippen molar-refractivity contribution >= 4 is 29.1 Å². The predicted octanol–water partition coefficient (Wildman–Crippen LogP) is 2.70. The number of aliphatic hydroxyl groups is 1. The number of ether oxygens (including phenoxy) is 1. The van der Waals surface area contributed by atoms with Crippen LogP contribution in [-0.2, 0) is 10.5 Å². The zero-order chi connectivity index (χ0) is 12.8. The Labute approximate surface area is 110 Å². The van der Waals surface area contributed by atoms with Gasteiger partial charge in [-0.3, -0.25) is 0 Å². The molecule has 0 saturated carbocycles. The highest BCUT2D eigenvalue weighted by Gasteiger charge is 2.12. The van der Waals surface area contributed by atoms with E-state index in [1.54, 1.807) is 11.8 Å². The molecule has 1 unspecified atom stereocenters. The predicted molar refractivity (Wildman–Crippen MR) is 72.8 cm³/mol. The van der Waals surface area contributed by atoms with Crippen molar-refractivity contribution in [3.63, 3.8) is 0 Å². The van der Waals surface area contributed by atoms with Crippen molar-refractivity contribution < 1.29 is 14.6 Å². The molecule has 0 amide bonds. The first-order chi connectivity index (χ1) is 8.08. The van der Waals surface area contributed by atoms with Gasteiger partial charge in [-0.1, -0.05) is 6.92 Å². The van der Waals surface area contributed by atoms with Gasteiger partial charge in [-0.05, 0) is 30.2 Å². The van der Waals surface area contributed by atoms with Crippen LogP contribution in [0.2, 0.25) is 0 Å². The number of thiophene rings is 1. The fourth-order valence-electron chi connectivity index (χ4n) is 1.29. The number of hydrogen-bond acceptors (Lipinski definition) is 5. The first kappa shape index (κ1) is 14.5. The lowest BCUT2D eigenvalue weighted by Crippen LogP contribution is -2.03. The molecule has 96 valence electrons. The minimum atomic E-state index is -0.266. The number of carbonyl (C=O) groups is 1. The third kappa shape index (κ3) is 4.33. The van der Waals surface area contributed by atoms with Gasteiger partial charge in [-0.25, -0.2) is 4.79 Å². The summed E-state index contributed by atoms with van der Waals surface area (Å²) in [6.45, 7) is 4.26. The van der Waals surface area contributed by atoms with E-state index in [9.17, 15) is 4.79 Å². The molecule has 0 radical (unpaired) electrons. The number of aryl methyl sites for hydroxylation is 1. The van der Waals surface area contributed by atoms with Gasteiger partial charge in [0.2, 0.25) is 0 Å². The maximum absolute atomic E-state index is 11.4. The quantitative estimate of drug-likeness (QED) is 0.810. The summed E-state index contributed by atoms with van der Waals surface area (Å²) in [4.78, 5) is 13.2. The summed E-state index contributed by atoms with van der Waals surface area (Å²) >= 11 is 3.25. The second kappa shape index (κ2) is 7.03. The molecule has 0 spiro atoms. The first-order valence-corrected chi connectivity index (χ1v) is 7.41. The Bertz CT molecular complexity index is 374. The van der Waals surface area contributed by atoms with Crippen LogP contribution in [0.4, 0.5) is 0 Å². The number of hydrogen-bond donors (Lipinski definition) is 1. The van der Waals surface area contributed by atoms with E-state index < -0.39 is 0 Å². The minimum Gasteiger partial charge on any atom is -0.465 e. The van der Waals surface area contributed by atoms with E-state index in [1.807, 2.05) is 19.9 Å². The summed E-state index contributed by atoms with van der Waals surface area (Å²) in [5, 5.41) is 8.92. The molecule has 0 aliphatic carbocycles. The van der Waals surface area contributed by atoms with Gasteiger partial charge in [0.1, 0.15) is 4.88 Å². The van der Waals surface area contributed by atoms with Crippen LogP contribution in [0.25, 0.3) is 0 Å².